The monoisotopic (exact) mass is 449 g/mol. The second-order valence-electron chi connectivity index (χ2n) is 5.17. The summed E-state index contributed by atoms with van der Waals surface area (Å²) in [7, 11) is 0. The molecule has 0 radical (unpaired) electrons. The van der Waals surface area contributed by atoms with Crippen molar-refractivity contribution >= 4 is 41.3 Å². The largest absolute Gasteiger partial charge is 0.383 e. The molecule has 2 aromatic rings. The lowest BCUT2D eigenvalue weighted by atomic mass is 10.1. The molecule has 0 aliphatic carbocycles. The van der Waals surface area contributed by atoms with Gasteiger partial charge in [0.1, 0.15) is 5.60 Å². The zero-order chi connectivity index (χ0) is 15.8. The Hall–Kier alpha value is -1.13. The van der Waals surface area contributed by atoms with Gasteiger partial charge in [0.25, 0.3) is 0 Å². The van der Waals surface area contributed by atoms with Crippen molar-refractivity contribution in [2.45, 2.75) is 26.0 Å². The van der Waals surface area contributed by atoms with Crippen LogP contribution in [-0.2, 0) is 12.1 Å². The summed E-state index contributed by atoms with van der Waals surface area (Å²) in [5.41, 5.74) is -0.944. The van der Waals surface area contributed by atoms with Gasteiger partial charge in [0.2, 0.25) is 0 Å². The first kappa shape index (κ1) is 19.9. The van der Waals surface area contributed by atoms with Crippen molar-refractivity contribution in [2.24, 2.45) is 4.99 Å². The third-order valence-corrected chi connectivity index (χ3v) is 4.29. The molecule has 6 nitrogen and oxygen atoms in total. The molecule has 0 amide bonds. The maximum absolute atomic E-state index is 10.5. The van der Waals surface area contributed by atoms with Gasteiger partial charge in [0, 0.05) is 36.9 Å². The molecule has 0 saturated heterocycles. The Balaban J connectivity index is 0.00000264. The van der Waals surface area contributed by atoms with Gasteiger partial charge < -0.3 is 20.3 Å². The third-order valence-electron chi connectivity index (χ3n) is 3.16. The normalized spacial score (nSPS) is 14.0. The Morgan fingerprint density at radius 1 is 1.48 bits per heavy atom. The molecule has 128 valence electrons. The Labute approximate surface area is 158 Å². The molecule has 0 spiro atoms. The fraction of sp³-hybridized carbons (Fsp3) is 0.467. The number of halogens is 1. The number of imidazole rings is 1. The van der Waals surface area contributed by atoms with E-state index in [1.165, 1.54) is 0 Å². The molecule has 2 heterocycles. The Morgan fingerprint density at radius 3 is 2.91 bits per heavy atom. The Morgan fingerprint density at radius 2 is 2.30 bits per heavy atom. The van der Waals surface area contributed by atoms with E-state index in [0.717, 1.165) is 24.5 Å². The van der Waals surface area contributed by atoms with Crippen LogP contribution in [0.3, 0.4) is 0 Å². The minimum atomic E-state index is -0.944. The summed E-state index contributed by atoms with van der Waals surface area (Å²) in [6.45, 7) is 6.45. The molecule has 3 N–H and O–H groups in total. The number of aliphatic hydroxyl groups is 1. The molecule has 2 rings (SSSR count). The lowest BCUT2D eigenvalue weighted by molar-refractivity contribution is 0.0711. The van der Waals surface area contributed by atoms with E-state index in [2.05, 4.69) is 20.6 Å². The first-order chi connectivity index (χ1) is 10.6. The lowest BCUT2D eigenvalue weighted by Gasteiger charge is -2.20. The average molecular weight is 449 g/mol. The van der Waals surface area contributed by atoms with E-state index in [-0.39, 0.29) is 24.0 Å². The fourth-order valence-corrected chi connectivity index (χ4v) is 2.74. The molecule has 0 aromatic carbocycles. The van der Waals surface area contributed by atoms with E-state index in [1.807, 2.05) is 35.2 Å². The molecular weight excluding hydrogens is 425 g/mol. The highest BCUT2D eigenvalue weighted by Gasteiger charge is 2.23. The van der Waals surface area contributed by atoms with Gasteiger partial charge >= 0.3 is 0 Å². The van der Waals surface area contributed by atoms with Crippen molar-refractivity contribution in [2.75, 3.05) is 19.6 Å². The predicted molar refractivity (Wildman–Crippen MR) is 106 cm³/mol. The summed E-state index contributed by atoms with van der Waals surface area (Å²) in [5.74, 6) is 0.708. The highest BCUT2D eigenvalue weighted by atomic mass is 127. The van der Waals surface area contributed by atoms with Gasteiger partial charge in [-0.25, -0.2) is 9.98 Å². The lowest BCUT2D eigenvalue weighted by Crippen LogP contribution is -2.40. The first-order valence-corrected chi connectivity index (χ1v) is 8.24. The molecule has 2 aromatic heterocycles. The summed E-state index contributed by atoms with van der Waals surface area (Å²) in [6, 6.07) is 3.87. The SMILES string of the molecule is CCNC(=NCC(C)(O)c1cccs1)NCCn1ccnc1.I. The van der Waals surface area contributed by atoms with Gasteiger partial charge in [-0.2, -0.15) is 0 Å². The van der Waals surface area contributed by atoms with Crippen LogP contribution < -0.4 is 10.6 Å². The molecule has 23 heavy (non-hydrogen) atoms. The van der Waals surface area contributed by atoms with Crippen molar-refractivity contribution in [3.05, 3.63) is 41.1 Å². The van der Waals surface area contributed by atoms with Crippen molar-refractivity contribution in [3.63, 3.8) is 0 Å². The smallest absolute Gasteiger partial charge is 0.191 e. The highest BCUT2D eigenvalue weighted by molar-refractivity contribution is 14.0. The minimum Gasteiger partial charge on any atom is -0.383 e. The van der Waals surface area contributed by atoms with E-state index in [9.17, 15) is 5.11 Å². The number of nitrogens with zero attached hydrogens (tertiary/aromatic N) is 3. The van der Waals surface area contributed by atoms with E-state index in [1.54, 1.807) is 30.8 Å². The molecular formula is C15H24IN5OS. The van der Waals surface area contributed by atoms with Crippen LogP contribution in [0.5, 0.6) is 0 Å². The quantitative estimate of drug-likeness (QED) is 0.344. The van der Waals surface area contributed by atoms with Crippen LogP contribution in [0.25, 0.3) is 0 Å². The maximum atomic E-state index is 10.5. The van der Waals surface area contributed by atoms with E-state index < -0.39 is 5.60 Å². The number of aromatic nitrogens is 2. The van der Waals surface area contributed by atoms with Crippen LogP contribution in [-0.4, -0.2) is 40.3 Å². The average Bonchev–Trinajstić information content (AvgIpc) is 3.18. The topological polar surface area (TPSA) is 74.5 Å². The summed E-state index contributed by atoms with van der Waals surface area (Å²) >= 11 is 1.54. The maximum Gasteiger partial charge on any atom is 0.191 e. The summed E-state index contributed by atoms with van der Waals surface area (Å²) in [6.07, 6.45) is 5.47. The number of hydrogen-bond donors (Lipinski definition) is 3. The molecule has 8 heteroatoms. The van der Waals surface area contributed by atoms with Crippen LogP contribution in [0.1, 0.15) is 18.7 Å². The molecule has 0 fully saturated rings. The minimum absolute atomic E-state index is 0. The number of thiophene rings is 1. The van der Waals surface area contributed by atoms with Crippen molar-refractivity contribution in [3.8, 4) is 0 Å². The number of nitrogens with one attached hydrogen (secondary N) is 2. The van der Waals surface area contributed by atoms with Crippen LogP contribution in [0.4, 0.5) is 0 Å². The predicted octanol–water partition coefficient (Wildman–Crippen LogP) is 2.03. The standard InChI is InChI=1S/C15H23N5OS.HI/c1-3-17-14(18-7-9-20-8-6-16-12-20)19-11-15(2,21)13-5-4-10-22-13;/h4-6,8,10,12,21H,3,7,9,11H2,1-2H3,(H2,17,18,19);1H. The number of guanidine groups is 1. The van der Waals surface area contributed by atoms with Crippen LogP contribution >= 0.6 is 35.3 Å². The summed E-state index contributed by atoms with van der Waals surface area (Å²) in [4.78, 5) is 9.42. The van der Waals surface area contributed by atoms with E-state index in [4.69, 9.17) is 0 Å². The van der Waals surface area contributed by atoms with Crippen molar-refractivity contribution in [1.82, 2.24) is 20.2 Å². The van der Waals surface area contributed by atoms with Crippen molar-refractivity contribution in [1.29, 1.82) is 0 Å². The van der Waals surface area contributed by atoms with Gasteiger partial charge in [0.15, 0.2) is 5.96 Å². The molecule has 0 bridgehead atoms. The second-order valence-corrected chi connectivity index (χ2v) is 6.12. The molecule has 1 atom stereocenters. The number of hydrogen-bond acceptors (Lipinski definition) is 4. The van der Waals surface area contributed by atoms with E-state index >= 15 is 0 Å². The number of rotatable bonds is 7. The van der Waals surface area contributed by atoms with Gasteiger partial charge in [-0.1, -0.05) is 6.07 Å². The first-order valence-electron chi connectivity index (χ1n) is 7.36. The highest BCUT2D eigenvalue weighted by Crippen LogP contribution is 2.25. The molecule has 0 aliphatic heterocycles. The third kappa shape index (κ3) is 6.48. The van der Waals surface area contributed by atoms with E-state index in [0.29, 0.717) is 12.5 Å². The van der Waals surface area contributed by atoms with Crippen LogP contribution in [0.15, 0.2) is 41.2 Å². The van der Waals surface area contributed by atoms with Crippen LogP contribution in [0, 0.1) is 0 Å². The Kier molecular flexibility index (Phi) is 8.56. The molecule has 0 aliphatic rings. The summed E-state index contributed by atoms with van der Waals surface area (Å²) < 4.78 is 2.00. The summed E-state index contributed by atoms with van der Waals surface area (Å²) in [5, 5.41) is 18.9. The van der Waals surface area contributed by atoms with Crippen LogP contribution in [0.2, 0.25) is 0 Å². The van der Waals surface area contributed by atoms with Gasteiger partial charge in [-0.15, -0.1) is 35.3 Å². The van der Waals surface area contributed by atoms with Crippen molar-refractivity contribution < 1.29 is 5.11 Å². The fourth-order valence-electron chi connectivity index (χ4n) is 1.96. The molecule has 1 unspecified atom stereocenters. The van der Waals surface area contributed by atoms with Gasteiger partial charge in [-0.05, 0) is 25.3 Å². The van der Waals surface area contributed by atoms with Gasteiger partial charge in [0.05, 0.1) is 12.9 Å². The zero-order valence-corrected chi connectivity index (χ0v) is 16.5. The number of aliphatic imine (C=N–C) groups is 1. The molecule has 0 saturated carbocycles. The van der Waals surface area contributed by atoms with Gasteiger partial charge in [-0.3, -0.25) is 0 Å². The zero-order valence-electron chi connectivity index (χ0n) is 13.4. The Bertz CT molecular complexity index is 569. The second kappa shape index (κ2) is 9.89.